The molecule has 1 aromatic rings. The van der Waals surface area contributed by atoms with E-state index in [0.717, 1.165) is 24.3 Å². The highest BCUT2D eigenvalue weighted by Crippen LogP contribution is 2.19. The number of amides is 1. The van der Waals surface area contributed by atoms with Gasteiger partial charge < -0.3 is 10.6 Å². The van der Waals surface area contributed by atoms with Gasteiger partial charge in [-0.05, 0) is 31.0 Å². The summed E-state index contributed by atoms with van der Waals surface area (Å²) in [5, 5.41) is 6.19. The fraction of sp³-hybridized carbons (Fsp3) is 0.500. The molecule has 86 valence electrons. The van der Waals surface area contributed by atoms with Crippen molar-refractivity contribution >= 4 is 11.6 Å². The molecule has 0 bridgehead atoms. The Labute approximate surface area is 95.5 Å². The van der Waals surface area contributed by atoms with E-state index in [1.807, 2.05) is 13.0 Å². The molecule has 16 heavy (non-hydrogen) atoms. The van der Waals surface area contributed by atoms with Gasteiger partial charge in [-0.3, -0.25) is 9.78 Å². The zero-order valence-corrected chi connectivity index (χ0v) is 9.66. The number of aryl methyl sites for hydroxylation is 1. The maximum absolute atomic E-state index is 12.0. The van der Waals surface area contributed by atoms with Gasteiger partial charge in [-0.2, -0.15) is 0 Å². The smallest absolute Gasteiger partial charge is 0.229 e. The van der Waals surface area contributed by atoms with Crippen LogP contribution in [0, 0.1) is 18.8 Å². The van der Waals surface area contributed by atoms with Gasteiger partial charge in [0.25, 0.3) is 0 Å². The normalized spacial score (nSPS) is 24.4. The molecule has 2 N–H and O–H groups in total. The van der Waals surface area contributed by atoms with E-state index in [0.29, 0.717) is 5.92 Å². The molecule has 1 saturated heterocycles. The summed E-state index contributed by atoms with van der Waals surface area (Å²) in [6.45, 7) is 5.74. The van der Waals surface area contributed by atoms with Gasteiger partial charge in [0.05, 0.1) is 5.92 Å². The number of nitrogens with one attached hydrogen (secondary N) is 2. The zero-order valence-electron chi connectivity index (χ0n) is 9.66. The van der Waals surface area contributed by atoms with Crippen molar-refractivity contribution in [2.24, 2.45) is 11.8 Å². The summed E-state index contributed by atoms with van der Waals surface area (Å²) >= 11 is 0. The molecule has 0 radical (unpaired) electrons. The number of carbonyl (C=O) groups is 1. The standard InChI is InChI=1S/C12H17N3O/c1-8-5-14-7-10(8)12(16)15-11-3-4-13-6-9(11)2/h3-4,6,8,10,14H,5,7H2,1-2H3,(H,13,15,16). The number of aromatic nitrogens is 1. The molecule has 0 aliphatic carbocycles. The van der Waals surface area contributed by atoms with Gasteiger partial charge in [-0.25, -0.2) is 0 Å². The zero-order chi connectivity index (χ0) is 11.5. The number of anilines is 1. The lowest BCUT2D eigenvalue weighted by Crippen LogP contribution is -2.28. The molecule has 2 unspecified atom stereocenters. The van der Waals surface area contributed by atoms with Crippen molar-refractivity contribution in [2.75, 3.05) is 18.4 Å². The van der Waals surface area contributed by atoms with Gasteiger partial charge in [0.15, 0.2) is 0 Å². The van der Waals surface area contributed by atoms with Crippen LogP contribution in [0.5, 0.6) is 0 Å². The first-order valence-electron chi connectivity index (χ1n) is 5.60. The quantitative estimate of drug-likeness (QED) is 0.785. The van der Waals surface area contributed by atoms with E-state index < -0.39 is 0 Å². The van der Waals surface area contributed by atoms with Crippen LogP contribution in [0.1, 0.15) is 12.5 Å². The first-order valence-corrected chi connectivity index (χ1v) is 5.60. The lowest BCUT2D eigenvalue weighted by molar-refractivity contribution is -0.120. The minimum Gasteiger partial charge on any atom is -0.325 e. The van der Waals surface area contributed by atoms with Crippen LogP contribution < -0.4 is 10.6 Å². The molecule has 1 aliphatic rings. The maximum Gasteiger partial charge on any atom is 0.229 e. The number of rotatable bonds is 2. The molecule has 2 heterocycles. The Balaban J connectivity index is 2.05. The third kappa shape index (κ3) is 2.22. The van der Waals surface area contributed by atoms with Crippen molar-refractivity contribution in [3.63, 3.8) is 0 Å². The van der Waals surface area contributed by atoms with Crippen LogP contribution in [-0.2, 0) is 4.79 Å². The predicted molar refractivity (Wildman–Crippen MR) is 63.1 cm³/mol. The summed E-state index contributed by atoms with van der Waals surface area (Å²) in [6.07, 6.45) is 3.45. The molecular formula is C12H17N3O. The van der Waals surface area contributed by atoms with Crippen molar-refractivity contribution in [1.82, 2.24) is 10.3 Å². The van der Waals surface area contributed by atoms with E-state index >= 15 is 0 Å². The SMILES string of the molecule is Cc1cnccc1NC(=O)C1CNCC1C. The molecule has 0 spiro atoms. The van der Waals surface area contributed by atoms with Gasteiger partial charge in [0, 0.05) is 24.6 Å². The van der Waals surface area contributed by atoms with E-state index in [4.69, 9.17) is 0 Å². The lowest BCUT2D eigenvalue weighted by Gasteiger charge is -2.15. The highest BCUT2D eigenvalue weighted by atomic mass is 16.1. The Bertz CT molecular complexity index is 392. The Kier molecular flexibility index (Phi) is 3.19. The van der Waals surface area contributed by atoms with E-state index in [9.17, 15) is 4.79 Å². The topological polar surface area (TPSA) is 54.0 Å². The average Bonchev–Trinajstić information content (AvgIpc) is 2.68. The van der Waals surface area contributed by atoms with Crippen LogP contribution in [-0.4, -0.2) is 24.0 Å². The molecule has 4 nitrogen and oxygen atoms in total. The van der Waals surface area contributed by atoms with Gasteiger partial charge >= 0.3 is 0 Å². The Morgan fingerprint density at radius 3 is 3.00 bits per heavy atom. The first kappa shape index (κ1) is 11.1. The second kappa shape index (κ2) is 4.61. The molecule has 4 heteroatoms. The predicted octanol–water partition coefficient (Wildman–Crippen LogP) is 1.18. The van der Waals surface area contributed by atoms with Crippen molar-refractivity contribution in [2.45, 2.75) is 13.8 Å². The minimum atomic E-state index is 0.0764. The van der Waals surface area contributed by atoms with E-state index in [1.54, 1.807) is 12.4 Å². The summed E-state index contributed by atoms with van der Waals surface area (Å²) in [6, 6.07) is 1.83. The highest BCUT2D eigenvalue weighted by Gasteiger charge is 2.29. The van der Waals surface area contributed by atoms with Crippen LogP contribution in [0.15, 0.2) is 18.5 Å². The van der Waals surface area contributed by atoms with Crippen molar-refractivity contribution in [1.29, 1.82) is 0 Å². The summed E-state index contributed by atoms with van der Waals surface area (Å²) in [4.78, 5) is 16.0. The Hall–Kier alpha value is -1.42. The minimum absolute atomic E-state index is 0.0764. The van der Waals surface area contributed by atoms with E-state index in [1.165, 1.54) is 0 Å². The monoisotopic (exact) mass is 219 g/mol. The number of hydrogen-bond acceptors (Lipinski definition) is 3. The molecule has 2 atom stereocenters. The molecular weight excluding hydrogens is 202 g/mol. The second-order valence-electron chi connectivity index (χ2n) is 4.42. The molecule has 1 aromatic heterocycles. The van der Waals surface area contributed by atoms with E-state index in [-0.39, 0.29) is 11.8 Å². The van der Waals surface area contributed by atoms with Crippen molar-refractivity contribution < 1.29 is 4.79 Å². The maximum atomic E-state index is 12.0. The Morgan fingerprint density at radius 2 is 2.38 bits per heavy atom. The summed E-state index contributed by atoms with van der Waals surface area (Å²) in [7, 11) is 0. The molecule has 1 aliphatic heterocycles. The molecule has 1 fully saturated rings. The van der Waals surface area contributed by atoms with Crippen molar-refractivity contribution in [3.05, 3.63) is 24.0 Å². The van der Waals surface area contributed by atoms with Crippen molar-refractivity contribution in [3.8, 4) is 0 Å². The van der Waals surface area contributed by atoms with Crippen LogP contribution in [0.25, 0.3) is 0 Å². The summed E-state index contributed by atoms with van der Waals surface area (Å²) < 4.78 is 0. The van der Waals surface area contributed by atoms with Gasteiger partial charge in [-0.1, -0.05) is 6.92 Å². The third-order valence-electron chi connectivity index (χ3n) is 3.13. The van der Waals surface area contributed by atoms with Gasteiger partial charge in [-0.15, -0.1) is 0 Å². The highest BCUT2D eigenvalue weighted by molar-refractivity contribution is 5.93. The largest absolute Gasteiger partial charge is 0.325 e. The number of pyridine rings is 1. The van der Waals surface area contributed by atoms with E-state index in [2.05, 4.69) is 22.5 Å². The number of carbonyl (C=O) groups excluding carboxylic acids is 1. The van der Waals surface area contributed by atoms with Crippen LogP contribution in [0.3, 0.4) is 0 Å². The third-order valence-corrected chi connectivity index (χ3v) is 3.13. The Morgan fingerprint density at radius 1 is 1.56 bits per heavy atom. The second-order valence-corrected chi connectivity index (χ2v) is 4.42. The summed E-state index contributed by atoms with van der Waals surface area (Å²) in [5.41, 5.74) is 1.86. The summed E-state index contributed by atoms with van der Waals surface area (Å²) in [5.74, 6) is 0.585. The van der Waals surface area contributed by atoms with Gasteiger partial charge in [0.1, 0.15) is 0 Å². The average molecular weight is 219 g/mol. The number of hydrogen-bond donors (Lipinski definition) is 2. The molecule has 0 aromatic carbocycles. The molecule has 0 saturated carbocycles. The fourth-order valence-corrected chi connectivity index (χ4v) is 2.00. The van der Waals surface area contributed by atoms with Gasteiger partial charge in [0.2, 0.25) is 5.91 Å². The lowest BCUT2D eigenvalue weighted by atomic mass is 9.97. The fourth-order valence-electron chi connectivity index (χ4n) is 2.00. The molecule has 1 amide bonds. The first-order chi connectivity index (χ1) is 7.68. The van der Waals surface area contributed by atoms with Crippen LogP contribution in [0.4, 0.5) is 5.69 Å². The number of nitrogens with zero attached hydrogens (tertiary/aromatic N) is 1. The van der Waals surface area contributed by atoms with Crippen LogP contribution >= 0.6 is 0 Å². The molecule has 2 rings (SSSR count). The van der Waals surface area contributed by atoms with Crippen LogP contribution in [0.2, 0.25) is 0 Å².